The van der Waals surface area contributed by atoms with E-state index in [1.165, 1.54) is 11.1 Å². The Morgan fingerprint density at radius 3 is 2.73 bits per heavy atom. The van der Waals surface area contributed by atoms with Crippen molar-refractivity contribution in [3.05, 3.63) is 70.3 Å². The molecule has 1 fully saturated rings. The SMILES string of the molecule is Cc1cc(-c2ccccc2C#N)ccc1C(=O)N(C1CC1)C1CCC2=C(C=NC2)C1. The van der Waals surface area contributed by atoms with Crippen LogP contribution in [0.15, 0.2) is 58.6 Å². The highest BCUT2D eigenvalue weighted by atomic mass is 16.2. The summed E-state index contributed by atoms with van der Waals surface area (Å²) in [4.78, 5) is 20.2. The number of amides is 1. The average Bonchev–Trinajstić information content (AvgIpc) is 3.49. The van der Waals surface area contributed by atoms with Gasteiger partial charge >= 0.3 is 0 Å². The molecular weight excluding hydrogens is 370 g/mol. The smallest absolute Gasteiger partial charge is 0.254 e. The lowest BCUT2D eigenvalue weighted by molar-refractivity contribution is 0.0644. The molecule has 2 aromatic carbocycles. The lowest BCUT2D eigenvalue weighted by atomic mass is 9.88. The summed E-state index contributed by atoms with van der Waals surface area (Å²) in [5.74, 6) is 0.152. The van der Waals surface area contributed by atoms with Crippen molar-refractivity contribution in [1.82, 2.24) is 4.90 Å². The van der Waals surface area contributed by atoms with Crippen LogP contribution in [0.5, 0.6) is 0 Å². The summed E-state index contributed by atoms with van der Waals surface area (Å²) < 4.78 is 0. The van der Waals surface area contributed by atoms with Gasteiger partial charge in [-0.15, -0.1) is 0 Å². The molecule has 2 aromatic rings. The van der Waals surface area contributed by atoms with Crippen LogP contribution in [0.3, 0.4) is 0 Å². The molecule has 30 heavy (non-hydrogen) atoms. The first-order chi connectivity index (χ1) is 14.7. The lowest BCUT2D eigenvalue weighted by Crippen LogP contribution is -2.43. The summed E-state index contributed by atoms with van der Waals surface area (Å²) in [6.07, 6.45) is 7.26. The standard InChI is InChI=1S/C26H25N3O/c1-17-12-18(25-5-3-2-4-19(25)14-27)7-11-24(17)26(30)29(22-9-10-22)23-8-6-20-15-28-16-21(20)13-23/h2-5,7,11-12,16,22-23H,6,8-10,13,15H2,1H3. The van der Waals surface area contributed by atoms with Gasteiger partial charge in [-0.25, -0.2) is 0 Å². The maximum atomic E-state index is 13.6. The van der Waals surface area contributed by atoms with Crippen molar-refractivity contribution in [2.75, 3.05) is 6.54 Å². The molecule has 0 aromatic heterocycles. The summed E-state index contributed by atoms with van der Waals surface area (Å²) in [6, 6.07) is 16.5. The Morgan fingerprint density at radius 2 is 1.97 bits per heavy atom. The normalized spacial score (nSPS) is 20.1. The summed E-state index contributed by atoms with van der Waals surface area (Å²) in [7, 11) is 0. The minimum absolute atomic E-state index is 0.152. The molecule has 3 aliphatic rings. The average molecular weight is 396 g/mol. The summed E-state index contributed by atoms with van der Waals surface area (Å²) in [5, 5.41) is 9.42. The van der Waals surface area contributed by atoms with E-state index in [1.54, 1.807) is 0 Å². The molecule has 150 valence electrons. The third-order valence-electron chi connectivity index (χ3n) is 6.60. The number of hydrogen-bond acceptors (Lipinski definition) is 3. The van der Waals surface area contributed by atoms with Crippen LogP contribution in [0.2, 0.25) is 0 Å². The molecule has 1 aliphatic heterocycles. The van der Waals surface area contributed by atoms with Crippen molar-refractivity contribution in [3.8, 4) is 17.2 Å². The molecule has 0 spiro atoms. The number of hydrogen-bond donors (Lipinski definition) is 0. The Hall–Kier alpha value is -3.19. The number of aryl methyl sites for hydroxylation is 1. The molecule has 0 N–H and O–H groups in total. The Labute approximate surface area is 177 Å². The van der Waals surface area contributed by atoms with E-state index in [9.17, 15) is 10.1 Å². The van der Waals surface area contributed by atoms with E-state index in [2.05, 4.69) is 16.0 Å². The van der Waals surface area contributed by atoms with Crippen molar-refractivity contribution in [1.29, 1.82) is 5.26 Å². The predicted molar refractivity (Wildman–Crippen MR) is 119 cm³/mol. The van der Waals surface area contributed by atoms with Crippen LogP contribution in [0.25, 0.3) is 11.1 Å². The largest absolute Gasteiger partial charge is 0.332 e. The lowest BCUT2D eigenvalue weighted by Gasteiger charge is -2.35. The highest BCUT2D eigenvalue weighted by Gasteiger charge is 2.39. The zero-order chi connectivity index (χ0) is 20.7. The zero-order valence-electron chi connectivity index (χ0n) is 17.3. The Morgan fingerprint density at radius 1 is 1.13 bits per heavy atom. The van der Waals surface area contributed by atoms with Crippen molar-refractivity contribution in [3.63, 3.8) is 0 Å². The van der Waals surface area contributed by atoms with E-state index in [1.807, 2.05) is 55.6 Å². The van der Waals surface area contributed by atoms with E-state index in [-0.39, 0.29) is 11.9 Å². The van der Waals surface area contributed by atoms with Crippen LogP contribution in [0, 0.1) is 18.3 Å². The molecule has 4 nitrogen and oxygen atoms in total. The molecule has 1 atom stereocenters. The molecule has 4 heteroatoms. The van der Waals surface area contributed by atoms with E-state index in [0.29, 0.717) is 11.6 Å². The molecule has 2 aliphatic carbocycles. The van der Waals surface area contributed by atoms with E-state index >= 15 is 0 Å². The molecule has 1 saturated carbocycles. The maximum absolute atomic E-state index is 13.6. The minimum Gasteiger partial charge on any atom is -0.332 e. The van der Waals surface area contributed by atoms with E-state index in [4.69, 9.17) is 0 Å². The second kappa shape index (κ2) is 7.57. The van der Waals surface area contributed by atoms with Crippen LogP contribution in [0.1, 0.15) is 53.6 Å². The molecular formula is C26H25N3O. The fourth-order valence-electron chi connectivity index (χ4n) is 4.85. The van der Waals surface area contributed by atoms with E-state index < -0.39 is 0 Å². The predicted octanol–water partition coefficient (Wildman–Crippen LogP) is 5.07. The first-order valence-electron chi connectivity index (χ1n) is 10.8. The maximum Gasteiger partial charge on any atom is 0.254 e. The molecule has 0 saturated heterocycles. The van der Waals surface area contributed by atoms with Crippen LogP contribution in [-0.4, -0.2) is 35.7 Å². The van der Waals surface area contributed by atoms with Gasteiger partial charge in [-0.2, -0.15) is 5.26 Å². The Balaban J connectivity index is 1.43. The monoisotopic (exact) mass is 395 g/mol. The molecule has 1 unspecified atom stereocenters. The van der Waals surface area contributed by atoms with Crippen molar-refractivity contribution < 1.29 is 4.79 Å². The number of rotatable bonds is 4. The van der Waals surface area contributed by atoms with Gasteiger partial charge < -0.3 is 4.90 Å². The minimum atomic E-state index is 0.152. The molecule has 1 amide bonds. The van der Waals surface area contributed by atoms with Crippen LogP contribution in [0.4, 0.5) is 0 Å². The molecule has 5 rings (SSSR count). The number of nitriles is 1. The topological polar surface area (TPSA) is 56.5 Å². The number of benzene rings is 2. The van der Waals surface area contributed by atoms with E-state index in [0.717, 1.165) is 60.9 Å². The molecule has 0 radical (unpaired) electrons. The van der Waals surface area contributed by atoms with Gasteiger partial charge in [0, 0.05) is 23.9 Å². The number of carbonyl (C=O) groups is 1. The van der Waals surface area contributed by atoms with Gasteiger partial charge in [0.1, 0.15) is 0 Å². The highest BCUT2D eigenvalue weighted by Crippen LogP contribution is 2.38. The zero-order valence-corrected chi connectivity index (χ0v) is 17.3. The summed E-state index contributed by atoms with van der Waals surface area (Å²) in [6.45, 7) is 2.85. The van der Waals surface area contributed by atoms with Gasteiger partial charge in [0.2, 0.25) is 0 Å². The van der Waals surface area contributed by atoms with Crippen LogP contribution >= 0.6 is 0 Å². The van der Waals surface area contributed by atoms with Gasteiger partial charge in [0.05, 0.1) is 18.2 Å². The number of carbonyl (C=O) groups excluding carboxylic acids is 1. The Kier molecular flexibility index (Phi) is 4.75. The number of aliphatic imine (C=N–C) groups is 1. The molecule has 0 bridgehead atoms. The first-order valence-corrected chi connectivity index (χ1v) is 10.8. The van der Waals surface area contributed by atoms with Gasteiger partial charge in [-0.1, -0.05) is 30.3 Å². The summed E-state index contributed by atoms with van der Waals surface area (Å²) in [5.41, 5.74) is 7.10. The Bertz CT molecular complexity index is 1120. The van der Waals surface area contributed by atoms with Crippen molar-refractivity contribution in [2.24, 2.45) is 4.99 Å². The van der Waals surface area contributed by atoms with Crippen LogP contribution in [-0.2, 0) is 0 Å². The van der Waals surface area contributed by atoms with Crippen molar-refractivity contribution >= 4 is 12.1 Å². The fraction of sp³-hybridized carbons (Fsp3) is 0.346. The van der Waals surface area contributed by atoms with Gasteiger partial charge in [0.25, 0.3) is 5.91 Å². The fourth-order valence-corrected chi connectivity index (χ4v) is 4.85. The number of nitrogens with zero attached hydrogens (tertiary/aromatic N) is 3. The van der Waals surface area contributed by atoms with Gasteiger partial charge in [0.15, 0.2) is 0 Å². The third-order valence-corrected chi connectivity index (χ3v) is 6.60. The highest BCUT2D eigenvalue weighted by molar-refractivity contribution is 5.97. The molecule has 1 heterocycles. The van der Waals surface area contributed by atoms with Crippen LogP contribution < -0.4 is 0 Å². The summed E-state index contributed by atoms with van der Waals surface area (Å²) >= 11 is 0. The van der Waals surface area contributed by atoms with Gasteiger partial charge in [-0.3, -0.25) is 9.79 Å². The van der Waals surface area contributed by atoms with Gasteiger partial charge in [-0.05, 0) is 79.0 Å². The van der Waals surface area contributed by atoms with Crippen molar-refractivity contribution in [2.45, 2.75) is 51.1 Å². The first kappa shape index (κ1) is 18.8. The quantitative estimate of drug-likeness (QED) is 0.725. The second-order valence-electron chi connectivity index (χ2n) is 8.63. The second-order valence-corrected chi connectivity index (χ2v) is 8.63. The third kappa shape index (κ3) is 3.35.